The highest BCUT2D eigenvalue weighted by Gasteiger charge is 2.24. The summed E-state index contributed by atoms with van der Waals surface area (Å²) in [6.07, 6.45) is 1.60. The number of furan rings is 1. The van der Waals surface area contributed by atoms with Gasteiger partial charge in [-0.25, -0.2) is 4.68 Å². The maximum absolute atomic E-state index is 13.9. The molecule has 7 heteroatoms. The fraction of sp³-hybridized carbons (Fsp3) is 0.231. The lowest BCUT2D eigenvalue weighted by Gasteiger charge is -2.25. The fourth-order valence-corrected chi connectivity index (χ4v) is 3.54. The zero-order valence-electron chi connectivity index (χ0n) is 19.1. The van der Waals surface area contributed by atoms with Crippen molar-refractivity contribution in [3.8, 4) is 22.9 Å². The number of aromatic nitrogens is 2. The number of amides is 1. The molecular formula is C26H28N4O3. The first-order valence-corrected chi connectivity index (χ1v) is 10.8. The van der Waals surface area contributed by atoms with Crippen LogP contribution in [0.4, 0.5) is 0 Å². The highest BCUT2D eigenvalue weighted by Crippen LogP contribution is 2.25. The number of benzene rings is 2. The highest BCUT2D eigenvalue weighted by molar-refractivity contribution is 5.94. The Labute approximate surface area is 193 Å². The van der Waals surface area contributed by atoms with E-state index in [0.29, 0.717) is 30.2 Å². The van der Waals surface area contributed by atoms with Crippen molar-refractivity contribution in [3.63, 3.8) is 0 Å². The summed E-state index contributed by atoms with van der Waals surface area (Å²) in [6.45, 7) is 1.85. The summed E-state index contributed by atoms with van der Waals surface area (Å²) >= 11 is 0. The highest BCUT2D eigenvalue weighted by atomic mass is 16.5. The standard InChI is InChI=1S/C26H28N4O3/c1-28(2)15-16-29(19-20-8-5-4-6-9-20)26(31)24-18-23(25-10-7-17-33-25)27-30(24)21-11-13-22(32-3)14-12-21/h4-14,17-18H,15-16,19H2,1-3H3. The molecule has 0 saturated heterocycles. The maximum Gasteiger partial charge on any atom is 0.272 e. The summed E-state index contributed by atoms with van der Waals surface area (Å²) in [5.41, 5.74) is 2.92. The van der Waals surface area contributed by atoms with Crippen LogP contribution in [-0.2, 0) is 6.54 Å². The topological polar surface area (TPSA) is 63.7 Å². The monoisotopic (exact) mass is 444 g/mol. The number of ether oxygens (including phenoxy) is 1. The minimum atomic E-state index is -0.0955. The fourth-order valence-electron chi connectivity index (χ4n) is 3.54. The summed E-state index contributed by atoms with van der Waals surface area (Å²) in [5, 5.41) is 4.71. The Morgan fingerprint density at radius 2 is 1.76 bits per heavy atom. The normalized spacial score (nSPS) is 11.0. The first kappa shape index (κ1) is 22.4. The number of hydrogen-bond acceptors (Lipinski definition) is 5. The van der Waals surface area contributed by atoms with E-state index < -0.39 is 0 Å². The zero-order chi connectivity index (χ0) is 23.2. The molecule has 0 aliphatic heterocycles. The SMILES string of the molecule is COc1ccc(-n2nc(-c3ccco3)cc2C(=O)N(CCN(C)C)Cc2ccccc2)cc1. The van der Waals surface area contributed by atoms with E-state index in [1.54, 1.807) is 24.1 Å². The minimum Gasteiger partial charge on any atom is -0.497 e. The molecular weight excluding hydrogens is 416 g/mol. The van der Waals surface area contributed by atoms with Gasteiger partial charge in [0, 0.05) is 25.7 Å². The molecule has 7 nitrogen and oxygen atoms in total. The molecule has 33 heavy (non-hydrogen) atoms. The molecule has 0 bridgehead atoms. The third-order valence-corrected chi connectivity index (χ3v) is 5.34. The summed E-state index contributed by atoms with van der Waals surface area (Å²) in [5.74, 6) is 1.25. The van der Waals surface area contributed by atoms with E-state index in [0.717, 1.165) is 23.5 Å². The molecule has 0 atom stereocenters. The van der Waals surface area contributed by atoms with Gasteiger partial charge in [0.2, 0.25) is 0 Å². The molecule has 0 saturated carbocycles. The van der Waals surface area contributed by atoms with Crippen LogP contribution in [0.25, 0.3) is 17.1 Å². The second-order valence-electron chi connectivity index (χ2n) is 8.02. The summed E-state index contributed by atoms with van der Waals surface area (Å²) in [7, 11) is 5.63. The number of methoxy groups -OCH3 is 1. The molecule has 4 rings (SSSR count). The van der Waals surface area contributed by atoms with E-state index >= 15 is 0 Å². The van der Waals surface area contributed by atoms with Crippen molar-refractivity contribution in [2.45, 2.75) is 6.54 Å². The average molecular weight is 445 g/mol. The Morgan fingerprint density at radius 3 is 2.39 bits per heavy atom. The number of likely N-dealkylation sites (N-methyl/N-ethyl adjacent to an activating group) is 1. The molecule has 2 heterocycles. The molecule has 0 spiro atoms. The van der Waals surface area contributed by atoms with E-state index in [4.69, 9.17) is 14.3 Å². The van der Waals surface area contributed by atoms with Crippen molar-refractivity contribution < 1.29 is 13.9 Å². The third kappa shape index (κ3) is 5.32. The van der Waals surface area contributed by atoms with Crippen LogP contribution in [0.1, 0.15) is 16.1 Å². The van der Waals surface area contributed by atoms with Gasteiger partial charge in [0.1, 0.15) is 17.1 Å². The Kier molecular flexibility index (Phi) is 6.90. The molecule has 2 aromatic heterocycles. The molecule has 0 N–H and O–H groups in total. The lowest BCUT2D eigenvalue weighted by atomic mass is 10.2. The predicted molar refractivity (Wildman–Crippen MR) is 128 cm³/mol. The van der Waals surface area contributed by atoms with Gasteiger partial charge in [-0.05, 0) is 56.1 Å². The lowest BCUT2D eigenvalue weighted by molar-refractivity contribution is 0.0722. The van der Waals surface area contributed by atoms with E-state index in [1.807, 2.05) is 85.7 Å². The Bertz CT molecular complexity index is 1170. The van der Waals surface area contributed by atoms with Crippen LogP contribution in [0.2, 0.25) is 0 Å². The summed E-state index contributed by atoms with van der Waals surface area (Å²) < 4.78 is 12.5. The minimum absolute atomic E-state index is 0.0955. The largest absolute Gasteiger partial charge is 0.497 e. The van der Waals surface area contributed by atoms with Crippen LogP contribution in [-0.4, -0.2) is 59.8 Å². The van der Waals surface area contributed by atoms with Crippen molar-refractivity contribution >= 4 is 5.91 Å². The van der Waals surface area contributed by atoms with Gasteiger partial charge >= 0.3 is 0 Å². The summed E-state index contributed by atoms with van der Waals surface area (Å²) in [6, 6.07) is 22.9. The van der Waals surface area contributed by atoms with Gasteiger partial charge in [0.05, 0.1) is 19.1 Å². The van der Waals surface area contributed by atoms with Gasteiger partial charge in [-0.1, -0.05) is 30.3 Å². The number of rotatable bonds is 9. The maximum atomic E-state index is 13.9. The first-order valence-electron chi connectivity index (χ1n) is 10.8. The number of carbonyl (C=O) groups is 1. The molecule has 4 aromatic rings. The molecule has 170 valence electrons. The zero-order valence-corrected chi connectivity index (χ0v) is 19.1. The number of nitrogens with zero attached hydrogens (tertiary/aromatic N) is 4. The number of hydrogen-bond donors (Lipinski definition) is 0. The van der Waals surface area contributed by atoms with Crippen LogP contribution in [0.3, 0.4) is 0 Å². The third-order valence-electron chi connectivity index (χ3n) is 5.34. The van der Waals surface area contributed by atoms with Gasteiger partial charge in [0.15, 0.2) is 5.76 Å². The van der Waals surface area contributed by atoms with Gasteiger partial charge in [-0.3, -0.25) is 4.79 Å². The molecule has 2 aromatic carbocycles. The lowest BCUT2D eigenvalue weighted by Crippen LogP contribution is -2.37. The molecule has 0 aliphatic rings. The van der Waals surface area contributed by atoms with Crippen molar-refractivity contribution in [1.82, 2.24) is 19.6 Å². The van der Waals surface area contributed by atoms with Crippen molar-refractivity contribution in [2.24, 2.45) is 0 Å². The van der Waals surface area contributed by atoms with Crippen LogP contribution in [0, 0.1) is 0 Å². The summed E-state index contributed by atoms with van der Waals surface area (Å²) in [4.78, 5) is 17.8. The molecule has 0 aliphatic carbocycles. The molecule has 0 fully saturated rings. The Hall–Kier alpha value is -3.84. The van der Waals surface area contributed by atoms with E-state index in [9.17, 15) is 4.79 Å². The average Bonchev–Trinajstić information content (AvgIpc) is 3.52. The van der Waals surface area contributed by atoms with E-state index in [2.05, 4.69) is 4.90 Å². The van der Waals surface area contributed by atoms with Crippen LogP contribution in [0.5, 0.6) is 5.75 Å². The predicted octanol–water partition coefficient (Wildman–Crippen LogP) is 4.34. The van der Waals surface area contributed by atoms with Crippen LogP contribution in [0.15, 0.2) is 83.5 Å². The van der Waals surface area contributed by atoms with Crippen LogP contribution >= 0.6 is 0 Å². The van der Waals surface area contributed by atoms with Crippen molar-refractivity contribution in [1.29, 1.82) is 0 Å². The van der Waals surface area contributed by atoms with Crippen molar-refractivity contribution in [3.05, 3.63) is 90.3 Å². The first-order chi connectivity index (χ1) is 16.0. The number of carbonyl (C=O) groups excluding carboxylic acids is 1. The van der Waals surface area contributed by atoms with E-state index in [-0.39, 0.29) is 5.91 Å². The van der Waals surface area contributed by atoms with Gasteiger partial charge in [0.25, 0.3) is 5.91 Å². The molecule has 1 amide bonds. The Morgan fingerprint density at radius 1 is 1.00 bits per heavy atom. The van der Waals surface area contributed by atoms with Gasteiger partial charge < -0.3 is 19.0 Å². The second-order valence-corrected chi connectivity index (χ2v) is 8.02. The van der Waals surface area contributed by atoms with Gasteiger partial charge in [-0.15, -0.1) is 0 Å². The molecule has 0 radical (unpaired) electrons. The second kappa shape index (κ2) is 10.2. The quantitative estimate of drug-likeness (QED) is 0.384. The van der Waals surface area contributed by atoms with Gasteiger partial charge in [-0.2, -0.15) is 5.10 Å². The molecule has 0 unspecified atom stereocenters. The van der Waals surface area contributed by atoms with Crippen LogP contribution < -0.4 is 4.74 Å². The van der Waals surface area contributed by atoms with Crippen molar-refractivity contribution in [2.75, 3.05) is 34.3 Å². The Balaban J connectivity index is 1.73. The smallest absolute Gasteiger partial charge is 0.272 e. The van der Waals surface area contributed by atoms with E-state index in [1.165, 1.54) is 0 Å².